The van der Waals surface area contributed by atoms with Crippen LogP contribution in [0.15, 0.2) is 30.3 Å². The van der Waals surface area contributed by atoms with E-state index in [-0.39, 0.29) is 0 Å². The summed E-state index contributed by atoms with van der Waals surface area (Å²) in [7, 11) is -0.357. The Bertz CT molecular complexity index is 202. The summed E-state index contributed by atoms with van der Waals surface area (Å²) >= 11 is 0. The molecule has 0 saturated heterocycles. The van der Waals surface area contributed by atoms with Gasteiger partial charge in [0.2, 0.25) is 0 Å². The Morgan fingerprint density at radius 3 is 2.45 bits per heavy atom. The van der Waals surface area contributed by atoms with E-state index in [2.05, 4.69) is 4.52 Å². The molecule has 0 radical (unpaired) electrons. The van der Waals surface area contributed by atoms with Gasteiger partial charge in [-0.1, -0.05) is 18.2 Å². The normalized spacial score (nSPS) is 12.5. The van der Waals surface area contributed by atoms with E-state index in [1.807, 2.05) is 18.2 Å². The molecule has 60 valence electrons. The molecule has 0 amide bonds. The molecule has 1 unspecified atom stereocenters. The van der Waals surface area contributed by atoms with Crippen LogP contribution in [0.25, 0.3) is 0 Å². The van der Waals surface area contributed by atoms with Gasteiger partial charge in [-0.2, -0.15) is 0 Å². The summed E-state index contributed by atoms with van der Waals surface area (Å²) in [6, 6.07) is 9.04. The molecule has 1 rings (SSSR count). The number of benzene rings is 1. The van der Waals surface area contributed by atoms with Crippen molar-refractivity contribution in [2.75, 3.05) is 7.11 Å². The van der Waals surface area contributed by atoms with E-state index in [9.17, 15) is 0 Å². The second-order valence-electron chi connectivity index (χ2n) is 1.82. The van der Waals surface area contributed by atoms with Crippen molar-refractivity contribution in [3.05, 3.63) is 30.3 Å². The smallest absolute Gasteiger partial charge is 0.394 e. The highest BCUT2D eigenvalue weighted by Crippen LogP contribution is 2.32. The molecular weight excluding hydrogens is 163 g/mol. The van der Waals surface area contributed by atoms with Crippen LogP contribution in [0.5, 0.6) is 5.75 Å². The van der Waals surface area contributed by atoms with E-state index < -0.39 is 8.60 Å². The molecule has 0 fully saturated rings. The molecular formula is C7H9O3P. The summed E-state index contributed by atoms with van der Waals surface area (Å²) in [4.78, 5) is 8.93. The van der Waals surface area contributed by atoms with Gasteiger partial charge in [-0.3, -0.25) is 0 Å². The van der Waals surface area contributed by atoms with Crippen LogP contribution in [0, 0.1) is 0 Å². The maximum atomic E-state index is 8.93. The summed E-state index contributed by atoms with van der Waals surface area (Å²) in [5.74, 6) is 0.614. The fraction of sp³-hybridized carbons (Fsp3) is 0.143. The lowest BCUT2D eigenvalue weighted by Gasteiger charge is -2.07. The van der Waals surface area contributed by atoms with Gasteiger partial charge in [0, 0.05) is 7.11 Å². The van der Waals surface area contributed by atoms with Crippen molar-refractivity contribution in [2.45, 2.75) is 0 Å². The Labute approximate surface area is 66.6 Å². The maximum Gasteiger partial charge on any atom is 0.394 e. The van der Waals surface area contributed by atoms with Crippen LogP contribution in [0.1, 0.15) is 0 Å². The van der Waals surface area contributed by atoms with E-state index in [0.29, 0.717) is 5.75 Å². The lowest BCUT2D eigenvalue weighted by Crippen LogP contribution is -1.86. The van der Waals surface area contributed by atoms with E-state index >= 15 is 0 Å². The van der Waals surface area contributed by atoms with Crippen LogP contribution >= 0.6 is 8.60 Å². The van der Waals surface area contributed by atoms with Gasteiger partial charge in [-0.15, -0.1) is 0 Å². The van der Waals surface area contributed by atoms with Crippen molar-refractivity contribution < 1.29 is 13.9 Å². The summed E-state index contributed by atoms with van der Waals surface area (Å²) in [6.07, 6.45) is 0. The van der Waals surface area contributed by atoms with E-state index in [1.54, 1.807) is 12.1 Å². The molecule has 0 aliphatic carbocycles. The highest BCUT2D eigenvalue weighted by Gasteiger charge is 2.03. The van der Waals surface area contributed by atoms with Gasteiger partial charge < -0.3 is 13.9 Å². The molecule has 1 N–H and O–H groups in total. The Morgan fingerprint density at radius 2 is 1.91 bits per heavy atom. The Morgan fingerprint density at radius 1 is 1.27 bits per heavy atom. The lowest BCUT2D eigenvalue weighted by molar-refractivity contribution is 0.317. The van der Waals surface area contributed by atoms with Crippen LogP contribution in [0.3, 0.4) is 0 Å². The minimum Gasteiger partial charge on any atom is -0.427 e. The molecule has 0 aliphatic heterocycles. The molecule has 0 aliphatic rings. The maximum absolute atomic E-state index is 8.93. The van der Waals surface area contributed by atoms with Crippen LogP contribution in [0.2, 0.25) is 0 Å². The zero-order valence-corrected chi connectivity index (χ0v) is 6.99. The SMILES string of the molecule is COP(O)Oc1ccccc1. The second-order valence-corrected chi connectivity index (χ2v) is 2.85. The van der Waals surface area contributed by atoms with Crippen molar-refractivity contribution in [3.63, 3.8) is 0 Å². The average Bonchev–Trinajstić information content (AvgIpc) is 2.06. The summed E-state index contributed by atoms with van der Waals surface area (Å²) in [5.41, 5.74) is 0. The highest BCUT2D eigenvalue weighted by atomic mass is 31.2. The van der Waals surface area contributed by atoms with Gasteiger partial charge in [0.15, 0.2) is 0 Å². The first-order valence-electron chi connectivity index (χ1n) is 3.09. The van der Waals surface area contributed by atoms with E-state index in [1.165, 1.54) is 7.11 Å². The highest BCUT2D eigenvalue weighted by molar-refractivity contribution is 7.41. The molecule has 3 nitrogen and oxygen atoms in total. The van der Waals surface area contributed by atoms with Gasteiger partial charge in [0.1, 0.15) is 5.75 Å². The molecule has 0 bridgehead atoms. The summed E-state index contributed by atoms with van der Waals surface area (Å²) in [6.45, 7) is 0. The zero-order chi connectivity index (χ0) is 8.10. The predicted molar refractivity (Wildman–Crippen MR) is 43.2 cm³/mol. The van der Waals surface area contributed by atoms with Gasteiger partial charge in [0.25, 0.3) is 0 Å². The quantitative estimate of drug-likeness (QED) is 0.708. The van der Waals surface area contributed by atoms with Gasteiger partial charge in [0.05, 0.1) is 0 Å². The molecule has 1 atom stereocenters. The van der Waals surface area contributed by atoms with E-state index in [0.717, 1.165) is 0 Å². The Balaban J connectivity index is 2.51. The van der Waals surface area contributed by atoms with Crippen molar-refractivity contribution >= 4 is 8.60 Å². The van der Waals surface area contributed by atoms with E-state index in [4.69, 9.17) is 9.42 Å². The monoisotopic (exact) mass is 172 g/mol. The van der Waals surface area contributed by atoms with Crippen molar-refractivity contribution in [3.8, 4) is 5.75 Å². The molecule has 11 heavy (non-hydrogen) atoms. The lowest BCUT2D eigenvalue weighted by atomic mass is 10.3. The third-order valence-corrected chi connectivity index (χ3v) is 1.76. The van der Waals surface area contributed by atoms with Crippen molar-refractivity contribution in [2.24, 2.45) is 0 Å². The van der Waals surface area contributed by atoms with Crippen LogP contribution in [-0.4, -0.2) is 12.0 Å². The molecule has 0 aromatic heterocycles. The molecule has 0 saturated carbocycles. The molecule has 1 aromatic rings. The standard InChI is InChI=1S/C7H9O3P/c1-9-11(8)10-7-5-3-2-4-6-7/h2-6,8H,1H3. The fourth-order valence-electron chi connectivity index (χ4n) is 0.609. The molecule has 0 spiro atoms. The average molecular weight is 172 g/mol. The van der Waals surface area contributed by atoms with Crippen LogP contribution < -0.4 is 4.52 Å². The largest absolute Gasteiger partial charge is 0.427 e. The van der Waals surface area contributed by atoms with Crippen molar-refractivity contribution in [1.82, 2.24) is 0 Å². The minimum absolute atomic E-state index is 0.614. The number of hydrogen-bond donors (Lipinski definition) is 1. The Kier molecular flexibility index (Phi) is 3.30. The molecule has 1 aromatic carbocycles. The fourth-order valence-corrected chi connectivity index (χ4v) is 0.985. The third kappa shape index (κ3) is 2.85. The zero-order valence-electron chi connectivity index (χ0n) is 6.10. The van der Waals surface area contributed by atoms with Gasteiger partial charge >= 0.3 is 8.60 Å². The third-order valence-electron chi connectivity index (χ3n) is 1.08. The van der Waals surface area contributed by atoms with Crippen LogP contribution in [0.4, 0.5) is 0 Å². The van der Waals surface area contributed by atoms with Crippen LogP contribution in [-0.2, 0) is 4.52 Å². The Hall–Kier alpha value is -0.630. The second kappa shape index (κ2) is 4.29. The minimum atomic E-state index is -1.75. The summed E-state index contributed by atoms with van der Waals surface area (Å²) < 4.78 is 9.51. The molecule has 0 heterocycles. The first kappa shape index (κ1) is 8.47. The van der Waals surface area contributed by atoms with Gasteiger partial charge in [-0.05, 0) is 12.1 Å². The number of hydrogen-bond acceptors (Lipinski definition) is 3. The first-order valence-corrected chi connectivity index (χ1v) is 4.22. The number of para-hydroxylation sites is 1. The van der Waals surface area contributed by atoms with Crippen molar-refractivity contribution in [1.29, 1.82) is 0 Å². The topological polar surface area (TPSA) is 38.7 Å². The number of rotatable bonds is 3. The predicted octanol–water partition coefficient (Wildman–Crippen LogP) is 1.93. The summed E-state index contributed by atoms with van der Waals surface area (Å²) in [5, 5.41) is 0. The first-order chi connectivity index (χ1) is 5.33. The molecule has 4 heteroatoms. The van der Waals surface area contributed by atoms with Gasteiger partial charge in [-0.25, -0.2) is 0 Å².